The van der Waals surface area contributed by atoms with E-state index in [4.69, 9.17) is 16.3 Å². The van der Waals surface area contributed by atoms with Crippen molar-refractivity contribution in [3.05, 3.63) is 58.2 Å². The van der Waals surface area contributed by atoms with Crippen molar-refractivity contribution in [2.24, 2.45) is 0 Å². The molecule has 8 heteroatoms. The molecule has 114 valence electrons. The van der Waals surface area contributed by atoms with Crippen molar-refractivity contribution in [3.63, 3.8) is 0 Å². The van der Waals surface area contributed by atoms with Crippen molar-refractivity contribution >= 4 is 28.4 Å². The van der Waals surface area contributed by atoms with E-state index in [-0.39, 0.29) is 16.5 Å². The molecule has 0 aliphatic carbocycles. The SMILES string of the molecule is COc1ccc(-n2nc3c(Cl)nc4ncccc4n3c2=O)cc1. The van der Waals surface area contributed by atoms with Gasteiger partial charge in [0.2, 0.25) is 0 Å². The molecule has 0 radical (unpaired) electrons. The van der Waals surface area contributed by atoms with Crippen LogP contribution < -0.4 is 10.4 Å². The van der Waals surface area contributed by atoms with E-state index in [1.165, 1.54) is 9.08 Å². The molecule has 0 saturated heterocycles. The standard InChI is InChI=1S/C15H10ClN5O2/c1-23-10-6-4-9(5-7-10)21-15(22)20-11-3-2-8-17-13(11)18-12(16)14(20)19-21/h2-8H,1H3. The van der Waals surface area contributed by atoms with Gasteiger partial charge in [-0.25, -0.2) is 19.2 Å². The number of rotatable bonds is 2. The van der Waals surface area contributed by atoms with Crippen LogP contribution in [0.2, 0.25) is 5.15 Å². The van der Waals surface area contributed by atoms with E-state index < -0.39 is 0 Å². The van der Waals surface area contributed by atoms with E-state index in [9.17, 15) is 4.79 Å². The first-order valence-corrected chi connectivity index (χ1v) is 7.13. The van der Waals surface area contributed by atoms with Crippen LogP contribution in [0.1, 0.15) is 0 Å². The van der Waals surface area contributed by atoms with Gasteiger partial charge in [-0.1, -0.05) is 11.6 Å². The summed E-state index contributed by atoms with van der Waals surface area (Å²) >= 11 is 6.15. The van der Waals surface area contributed by atoms with Gasteiger partial charge in [0.15, 0.2) is 16.4 Å². The van der Waals surface area contributed by atoms with Crippen LogP contribution in [0.3, 0.4) is 0 Å². The molecule has 4 aromatic rings. The molecule has 0 spiro atoms. The molecule has 0 unspecified atom stereocenters. The Hall–Kier alpha value is -2.93. The summed E-state index contributed by atoms with van der Waals surface area (Å²) < 4.78 is 7.80. The van der Waals surface area contributed by atoms with Crippen LogP contribution in [0.25, 0.3) is 22.5 Å². The number of halogens is 1. The molecule has 0 atom stereocenters. The summed E-state index contributed by atoms with van der Waals surface area (Å²) in [6, 6.07) is 10.5. The van der Waals surface area contributed by atoms with Crippen LogP contribution in [0, 0.1) is 0 Å². The molecule has 0 aliphatic rings. The van der Waals surface area contributed by atoms with Gasteiger partial charge in [0.05, 0.1) is 18.3 Å². The first kappa shape index (κ1) is 13.7. The summed E-state index contributed by atoms with van der Waals surface area (Å²) in [5.74, 6) is 0.694. The average molecular weight is 328 g/mol. The Morgan fingerprint density at radius 3 is 2.70 bits per heavy atom. The number of benzene rings is 1. The molecule has 4 rings (SSSR count). The zero-order valence-electron chi connectivity index (χ0n) is 12.0. The zero-order chi connectivity index (χ0) is 16.0. The third-order valence-corrected chi connectivity index (χ3v) is 3.75. The van der Waals surface area contributed by atoms with Crippen LogP contribution in [-0.2, 0) is 0 Å². The minimum atomic E-state index is -0.340. The summed E-state index contributed by atoms with van der Waals surface area (Å²) in [6.07, 6.45) is 1.59. The van der Waals surface area contributed by atoms with Gasteiger partial charge in [-0.05, 0) is 36.4 Å². The van der Waals surface area contributed by atoms with Gasteiger partial charge in [-0.2, -0.15) is 4.68 Å². The number of pyridine rings is 1. The van der Waals surface area contributed by atoms with Gasteiger partial charge >= 0.3 is 5.69 Å². The number of hydrogen-bond donors (Lipinski definition) is 0. The van der Waals surface area contributed by atoms with Gasteiger partial charge in [0, 0.05) is 6.20 Å². The molecule has 0 aliphatic heterocycles. The highest BCUT2D eigenvalue weighted by atomic mass is 35.5. The Kier molecular flexibility index (Phi) is 3.02. The average Bonchev–Trinajstić information content (AvgIpc) is 2.94. The van der Waals surface area contributed by atoms with Crippen molar-refractivity contribution in [2.75, 3.05) is 7.11 Å². The lowest BCUT2D eigenvalue weighted by atomic mass is 10.3. The van der Waals surface area contributed by atoms with Crippen molar-refractivity contribution in [2.45, 2.75) is 0 Å². The highest BCUT2D eigenvalue weighted by Crippen LogP contribution is 2.19. The topological polar surface area (TPSA) is 74.3 Å². The molecule has 3 aromatic heterocycles. The fourth-order valence-corrected chi connectivity index (χ4v) is 2.60. The smallest absolute Gasteiger partial charge is 0.355 e. The summed E-state index contributed by atoms with van der Waals surface area (Å²) in [4.78, 5) is 21.1. The quantitative estimate of drug-likeness (QED) is 0.563. The highest BCUT2D eigenvalue weighted by molar-refractivity contribution is 6.32. The molecule has 1 aromatic carbocycles. The van der Waals surface area contributed by atoms with E-state index >= 15 is 0 Å². The maximum absolute atomic E-state index is 12.8. The Bertz CT molecular complexity index is 1080. The summed E-state index contributed by atoms with van der Waals surface area (Å²) in [6.45, 7) is 0. The predicted octanol–water partition coefficient (Wildman–Crippen LogP) is 2.09. The second kappa shape index (κ2) is 5.06. The predicted molar refractivity (Wildman–Crippen MR) is 85.4 cm³/mol. The Labute approximate surface area is 134 Å². The lowest BCUT2D eigenvalue weighted by molar-refractivity contribution is 0.414. The molecular weight excluding hydrogens is 318 g/mol. The molecule has 0 N–H and O–H groups in total. The summed E-state index contributed by atoms with van der Waals surface area (Å²) in [5, 5.41) is 4.42. The van der Waals surface area contributed by atoms with Crippen LogP contribution in [0.5, 0.6) is 5.75 Å². The van der Waals surface area contributed by atoms with Crippen LogP contribution >= 0.6 is 11.6 Å². The maximum atomic E-state index is 12.8. The van der Waals surface area contributed by atoms with E-state index in [1.54, 1.807) is 49.7 Å². The van der Waals surface area contributed by atoms with E-state index in [0.29, 0.717) is 22.6 Å². The van der Waals surface area contributed by atoms with E-state index in [2.05, 4.69) is 15.1 Å². The van der Waals surface area contributed by atoms with Crippen molar-refractivity contribution in [1.29, 1.82) is 0 Å². The number of aromatic nitrogens is 5. The molecule has 0 bridgehead atoms. The van der Waals surface area contributed by atoms with Gasteiger partial charge in [0.25, 0.3) is 0 Å². The molecule has 0 saturated carbocycles. The van der Waals surface area contributed by atoms with E-state index in [1.807, 2.05) is 0 Å². The number of fused-ring (bicyclic) bond motifs is 3. The van der Waals surface area contributed by atoms with E-state index in [0.717, 1.165) is 0 Å². The number of ether oxygens (including phenoxy) is 1. The van der Waals surface area contributed by atoms with Crippen LogP contribution in [0.15, 0.2) is 47.4 Å². The molecule has 0 fully saturated rings. The number of hydrogen-bond acceptors (Lipinski definition) is 5. The normalized spacial score (nSPS) is 11.2. The van der Waals surface area contributed by atoms with Gasteiger partial charge in [-0.3, -0.25) is 0 Å². The largest absolute Gasteiger partial charge is 0.497 e. The van der Waals surface area contributed by atoms with Gasteiger partial charge in [-0.15, -0.1) is 5.10 Å². The lowest BCUT2D eigenvalue weighted by Gasteiger charge is -2.01. The van der Waals surface area contributed by atoms with Crippen LogP contribution in [-0.4, -0.2) is 31.3 Å². The maximum Gasteiger partial charge on any atom is 0.355 e. The fraction of sp³-hybridized carbons (Fsp3) is 0.0667. The highest BCUT2D eigenvalue weighted by Gasteiger charge is 2.16. The Balaban J connectivity index is 2.05. The Morgan fingerprint density at radius 2 is 1.96 bits per heavy atom. The second-order valence-corrected chi connectivity index (χ2v) is 5.16. The van der Waals surface area contributed by atoms with Crippen LogP contribution in [0.4, 0.5) is 0 Å². The minimum absolute atomic E-state index is 0.126. The van der Waals surface area contributed by atoms with Gasteiger partial charge in [0.1, 0.15) is 5.75 Å². The van der Waals surface area contributed by atoms with Gasteiger partial charge < -0.3 is 4.74 Å². The third kappa shape index (κ3) is 2.05. The second-order valence-electron chi connectivity index (χ2n) is 4.80. The van der Waals surface area contributed by atoms with Crippen molar-refractivity contribution < 1.29 is 4.74 Å². The van der Waals surface area contributed by atoms with Crippen molar-refractivity contribution in [1.82, 2.24) is 24.1 Å². The monoisotopic (exact) mass is 327 g/mol. The lowest BCUT2D eigenvalue weighted by Crippen LogP contribution is -2.20. The minimum Gasteiger partial charge on any atom is -0.497 e. The fourth-order valence-electron chi connectivity index (χ4n) is 2.40. The molecule has 3 heterocycles. The van der Waals surface area contributed by atoms with Crippen molar-refractivity contribution in [3.8, 4) is 11.4 Å². The molecule has 23 heavy (non-hydrogen) atoms. The number of nitrogens with zero attached hydrogens (tertiary/aromatic N) is 5. The first-order chi connectivity index (χ1) is 11.2. The summed E-state index contributed by atoms with van der Waals surface area (Å²) in [5.41, 5.74) is 1.49. The zero-order valence-corrected chi connectivity index (χ0v) is 12.7. The molecule has 0 amide bonds. The number of methoxy groups -OCH3 is 1. The summed E-state index contributed by atoms with van der Waals surface area (Å²) in [7, 11) is 1.58. The Morgan fingerprint density at radius 1 is 1.17 bits per heavy atom. The first-order valence-electron chi connectivity index (χ1n) is 6.75. The molecule has 7 nitrogen and oxygen atoms in total. The molecular formula is C15H10ClN5O2. The third-order valence-electron chi connectivity index (χ3n) is 3.49.